The number of carbonyl (C=O) groups is 1. The molecule has 0 radical (unpaired) electrons. The van der Waals surface area contributed by atoms with Crippen molar-refractivity contribution < 1.29 is 4.79 Å². The number of hydrogen-bond donors (Lipinski definition) is 2. The zero-order chi connectivity index (χ0) is 12.5. The van der Waals surface area contributed by atoms with Gasteiger partial charge in [0.05, 0.1) is 6.54 Å². The summed E-state index contributed by atoms with van der Waals surface area (Å²) in [6, 6.07) is 8.06. The molecule has 3 nitrogen and oxygen atoms in total. The zero-order valence-electron chi connectivity index (χ0n) is 10.1. The van der Waals surface area contributed by atoms with Crippen LogP contribution >= 0.6 is 15.9 Å². The summed E-state index contributed by atoms with van der Waals surface area (Å²) in [7, 11) is 0. The Morgan fingerprint density at radius 2 is 2.00 bits per heavy atom. The van der Waals surface area contributed by atoms with Gasteiger partial charge in [-0.1, -0.05) is 41.4 Å². The van der Waals surface area contributed by atoms with Crippen LogP contribution in [0.4, 0.5) is 0 Å². The fourth-order valence-electron chi connectivity index (χ4n) is 1.39. The van der Waals surface area contributed by atoms with Crippen molar-refractivity contribution in [1.29, 1.82) is 0 Å². The Labute approximate surface area is 111 Å². The van der Waals surface area contributed by atoms with Crippen molar-refractivity contribution in [3.8, 4) is 0 Å². The highest BCUT2D eigenvalue weighted by atomic mass is 79.9. The van der Waals surface area contributed by atoms with Crippen molar-refractivity contribution in [2.24, 2.45) is 0 Å². The van der Waals surface area contributed by atoms with Gasteiger partial charge in [0, 0.05) is 17.6 Å². The lowest BCUT2D eigenvalue weighted by Gasteiger charge is -2.06. The summed E-state index contributed by atoms with van der Waals surface area (Å²) in [4.78, 5) is 11.4. The number of amides is 1. The van der Waals surface area contributed by atoms with E-state index in [1.54, 1.807) is 0 Å². The molecule has 17 heavy (non-hydrogen) atoms. The number of halogens is 1. The molecule has 0 aliphatic carbocycles. The predicted molar refractivity (Wildman–Crippen MR) is 73.8 cm³/mol. The average Bonchev–Trinajstić information content (AvgIpc) is 2.32. The minimum Gasteiger partial charge on any atom is -0.355 e. The van der Waals surface area contributed by atoms with Gasteiger partial charge in [0.2, 0.25) is 5.91 Å². The lowest BCUT2D eigenvalue weighted by Crippen LogP contribution is -2.34. The average molecular weight is 299 g/mol. The standard InChI is InChI=1S/C13H19BrN2O/c1-2-3-8-16-13(17)10-15-9-11-4-6-12(14)7-5-11/h4-7,15H,2-3,8-10H2,1H3,(H,16,17). The summed E-state index contributed by atoms with van der Waals surface area (Å²) in [5.74, 6) is 0.0653. The molecule has 1 amide bonds. The van der Waals surface area contributed by atoms with E-state index < -0.39 is 0 Å². The molecule has 1 aromatic carbocycles. The first-order valence-corrected chi connectivity index (χ1v) is 6.73. The Bertz CT molecular complexity index is 338. The quantitative estimate of drug-likeness (QED) is 0.759. The molecule has 0 saturated carbocycles. The maximum Gasteiger partial charge on any atom is 0.233 e. The third kappa shape index (κ3) is 6.44. The van der Waals surface area contributed by atoms with Gasteiger partial charge in [-0.3, -0.25) is 4.79 Å². The molecule has 0 aliphatic rings. The Kier molecular flexibility index (Phi) is 6.89. The second-order valence-corrected chi connectivity index (χ2v) is 4.85. The Hall–Kier alpha value is -0.870. The van der Waals surface area contributed by atoms with Crippen LogP contribution in [0.5, 0.6) is 0 Å². The molecule has 0 saturated heterocycles. The first kappa shape index (κ1) is 14.2. The minimum absolute atomic E-state index is 0.0653. The number of unbranched alkanes of at least 4 members (excludes halogenated alkanes) is 1. The number of rotatable bonds is 7. The smallest absolute Gasteiger partial charge is 0.233 e. The van der Waals surface area contributed by atoms with E-state index >= 15 is 0 Å². The van der Waals surface area contributed by atoms with Crippen LogP contribution in [-0.4, -0.2) is 19.0 Å². The summed E-state index contributed by atoms with van der Waals surface area (Å²) in [6.45, 7) is 3.97. The minimum atomic E-state index is 0.0653. The van der Waals surface area contributed by atoms with Gasteiger partial charge in [-0.25, -0.2) is 0 Å². The van der Waals surface area contributed by atoms with Gasteiger partial charge in [-0.05, 0) is 24.1 Å². The van der Waals surface area contributed by atoms with E-state index in [4.69, 9.17) is 0 Å². The SMILES string of the molecule is CCCCNC(=O)CNCc1ccc(Br)cc1. The molecule has 0 aliphatic heterocycles. The van der Waals surface area contributed by atoms with E-state index in [-0.39, 0.29) is 5.91 Å². The summed E-state index contributed by atoms with van der Waals surface area (Å²) >= 11 is 3.39. The summed E-state index contributed by atoms with van der Waals surface area (Å²) in [5.41, 5.74) is 1.18. The highest BCUT2D eigenvalue weighted by molar-refractivity contribution is 9.10. The molecule has 0 spiro atoms. The Balaban J connectivity index is 2.14. The van der Waals surface area contributed by atoms with Crippen LogP contribution in [0.3, 0.4) is 0 Å². The molecule has 0 atom stereocenters. The fraction of sp³-hybridized carbons (Fsp3) is 0.462. The van der Waals surface area contributed by atoms with Crippen LogP contribution < -0.4 is 10.6 Å². The summed E-state index contributed by atoms with van der Waals surface area (Å²) in [5, 5.41) is 5.99. The number of carbonyl (C=O) groups excluding carboxylic acids is 1. The van der Waals surface area contributed by atoms with Crippen molar-refractivity contribution >= 4 is 21.8 Å². The van der Waals surface area contributed by atoms with E-state index in [0.717, 1.165) is 23.9 Å². The van der Waals surface area contributed by atoms with E-state index in [0.29, 0.717) is 13.1 Å². The second kappa shape index (κ2) is 8.25. The second-order valence-electron chi connectivity index (χ2n) is 3.93. The number of nitrogens with one attached hydrogen (secondary N) is 2. The molecule has 1 rings (SSSR count). The molecular formula is C13H19BrN2O. The third-order valence-corrected chi connectivity index (χ3v) is 2.91. The van der Waals surface area contributed by atoms with Crippen LogP contribution in [0, 0.1) is 0 Å². The Morgan fingerprint density at radius 3 is 2.65 bits per heavy atom. The van der Waals surface area contributed by atoms with Crippen LogP contribution in [0.1, 0.15) is 25.3 Å². The molecule has 0 fully saturated rings. The molecule has 0 bridgehead atoms. The summed E-state index contributed by atoms with van der Waals surface area (Å²) < 4.78 is 1.07. The Morgan fingerprint density at radius 1 is 1.29 bits per heavy atom. The number of hydrogen-bond acceptors (Lipinski definition) is 2. The monoisotopic (exact) mass is 298 g/mol. The van der Waals surface area contributed by atoms with E-state index in [2.05, 4.69) is 33.5 Å². The molecule has 2 N–H and O–H groups in total. The molecule has 0 aromatic heterocycles. The van der Waals surface area contributed by atoms with Crippen LogP contribution in [0.2, 0.25) is 0 Å². The van der Waals surface area contributed by atoms with Gasteiger partial charge in [0.1, 0.15) is 0 Å². The van der Waals surface area contributed by atoms with Crippen LogP contribution in [-0.2, 0) is 11.3 Å². The van der Waals surface area contributed by atoms with E-state index in [1.807, 2.05) is 24.3 Å². The van der Waals surface area contributed by atoms with Gasteiger partial charge in [0.25, 0.3) is 0 Å². The molecule has 1 aromatic rings. The lowest BCUT2D eigenvalue weighted by atomic mass is 10.2. The fourth-order valence-corrected chi connectivity index (χ4v) is 1.65. The van der Waals surface area contributed by atoms with Crippen LogP contribution in [0.25, 0.3) is 0 Å². The normalized spacial score (nSPS) is 10.2. The molecular weight excluding hydrogens is 280 g/mol. The molecule has 94 valence electrons. The van der Waals surface area contributed by atoms with Crippen molar-refractivity contribution in [2.75, 3.05) is 13.1 Å². The largest absolute Gasteiger partial charge is 0.355 e. The highest BCUT2D eigenvalue weighted by Crippen LogP contribution is 2.09. The lowest BCUT2D eigenvalue weighted by molar-refractivity contribution is -0.120. The third-order valence-electron chi connectivity index (χ3n) is 2.38. The first-order chi connectivity index (χ1) is 8.22. The molecule has 0 heterocycles. The van der Waals surface area contributed by atoms with Crippen molar-refractivity contribution in [1.82, 2.24) is 10.6 Å². The van der Waals surface area contributed by atoms with Gasteiger partial charge >= 0.3 is 0 Å². The van der Waals surface area contributed by atoms with Gasteiger partial charge < -0.3 is 10.6 Å². The molecule has 0 unspecified atom stereocenters. The zero-order valence-corrected chi connectivity index (χ0v) is 11.7. The van der Waals surface area contributed by atoms with Crippen molar-refractivity contribution in [3.05, 3.63) is 34.3 Å². The first-order valence-electron chi connectivity index (χ1n) is 5.94. The van der Waals surface area contributed by atoms with Gasteiger partial charge in [-0.15, -0.1) is 0 Å². The predicted octanol–water partition coefficient (Wildman–Crippen LogP) is 2.46. The van der Waals surface area contributed by atoms with Gasteiger partial charge in [-0.2, -0.15) is 0 Å². The number of benzene rings is 1. The highest BCUT2D eigenvalue weighted by Gasteiger charge is 1.99. The van der Waals surface area contributed by atoms with Gasteiger partial charge in [0.15, 0.2) is 0 Å². The summed E-state index contributed by atoms with van der Waals surface area (Å²) in [6.07, 6.45) is 2.14. The maximum absolute atomic E-state index is 11.4. The van der Waals surface area contributed by atoms with Crippen molar-refractivity contribution in [2.45, 2.75) is 26.3 Å². The van der Waals surface area contributed by atoms with Crippen LogP contribution in [0.15, 0.2) is 28.7 Å². The topological polar surface area (TPSA) is 41.1 Å². The van der Waals surface area contributed by atoms with E-state index in [1.165, 1.54) is 5.56 Å². The maximum atomic E-state index is 11.4. The molecule has 4 heteroatoms. The van der Waals surface area contributed by atoms with Crippen molar-refractivity contribution in [3.63, 3.8) is 0 Å². The van der Waals surface area contributed by atoms with E-state index in [9.17, 15) is 4.79 Å².